The van der Waals surface area contributed by atoms with Gasteiger partial charge in [-0.05, 0) is 49.6 Å². The van der Waals surface area contributed by atoms with Crippen molar-refractivity contribution in [1.82, 2.24) is 10.6 Å². The fourth-order valence-corrected chi connectivity index (χ4v) is 2.77. The van der Waals surface area contributed by atoms with E-state index in [2.05, 4.69) is 16.0 Å². The number of carbonyl (C=O) groups is 2. The molecular formula is C15H20ClN3O2. The van der Waals surface area contributed by atoms with Crippen LogP contribution in [-0.4, -0.2) is 30.9 Å². The molecule has 2 heterocycles. The minimum absolute atomic E-state index is 0. The van der Waals surface area contributed by atoms with E-state index in [0.29, 0.717) is 31.0 Å². The lowest BCUT2D eigenvalue weighted by Gasteiger charge is -2.18. The van der Waals surface area contributed by atoms with E-state index in [0.717, 1.165) is 24.2 Å². The number of hydrogen-bond acceptors (Lipinski definition) is 3. The van der Waals surface area contributed by atoms with E-state index in [1.54, 1.807) is 6.07 Å². The number of fused-ring (bicyclic) bond motifs is 1. The first-order valence-electron chi connectivity index (χ1n) is 7.17. The smallest absolute Gasteiger partial charge is 0.251 e. The lowest BCUT2D eigenvalue weighted by molar-refractivity contribution is -0.116. The molecule has 1 atom stereocenters. The van der Waals surface area contributed by atoms with E-state index < -0.39 is 0 Å². The van der Waals surface area contributed by atoms with E-state index in [4.69, 9.17) is 0 Å². The maximum Gasteiger partial charge on any atom is 0.251 e. The zero-order chi connectivity index (χ0) is 13.9. The lowest BCUT2D eigenvalue weighted by Crippen LogP contribution is -2.37. The Morgan fingerprint density at radius 3 is 2.95 bits per heavy atom. The first-order valence-corrected chi connectivity index (χ1v) is 7.17. The van der Waals surface area contributed by atoms with Crippen molar-refractivity contribution in [2.75, 3.05) is 18.4 Å². The Labute approximate surface area is 130 Å². The van der Waals surface area contributed by atoms with E-state index >= 15 is 0 Å². The molecule has 1 unspecified atom stereocenters. The lowest BCUT2D eigenvalue weighted by atomic mass is 10.00. The van der Waals surface area contributed by atoms with Gasteiger partial charge in [-0.3, -0.25) is 9.59 Å². The molecule has 1 aromatic rings. The molecule has 6 heteroatoms. The van der Waals surface area contributed by atoms with Crippen LogP contribution >= 0.6 is 12.4 Å². The van der Waals surface area contributed by atoms with Gasteiger partial charge in [-0.1, -0.05) is 0 Å². The summed E-state index contributed by atoms with van der Waals surface area (Å²) in [5.41, 5.74) is 2.53. The number of nitrogens with one attached hydrogen (secondary N) is 3. The van der Waals surface area contributed by atoms with Gasteiger partial charge in [0, 0.05) is 30.3 Å². The first kappa shape index (κ1) is 15.8. The molecule has 0 saturated carbocycles. The van der Waals surface area contributed by atoms with Gasteiger partial charge < -0.3 is 16.0 Å². The minimum atomic E-state index is -0.0431. The number of carbonyl (C=O) groups excluding carboxylic acids is 2. The van der Waals surface area contributed by atoms with Crippen molar-refractivity contribution in [3.8, 4) is 0 Å². The summed E-state index contributed by atoms with van der Waals surface area (Å²) in [6, 6.07) is 5.86. The molecule has 0 aliphatic carbocycles. The molecule has 5 nitrogen and oxygen atoms in total. The quantitative estimate of drug-likeness (QED) is 0.792. The Hall–Kier alpha value is -1.59. The van der Waals surface area contributed by atoms with Crippen molar-refractivity contribution in [2.45, 2.75) is 31.7 Å². The average Bonchev–Trinajstić information content (AvgIpc) is 2.97. The highest BCUT2D eigenvalue weighted by molar-refractivity contribution is 5.97. The number of halogens is 1. The van der Waals surface area contributed by atoms with Crippen molar-refractivity contribution in [2.24, 2.45) is 0 Å². The highest BCUT2D eigenvalue weighted by Gasteiger charge is 2.18. The van der Waals surface area contributed by atoms with Crippen LogP contribution in [-0.2, 0) is 11.2 Å². The van der Waals surface area contributed by atoms with Crippen LogP contribution in [0.3, 0.4) is 0 Å². The predicted octanol–water partition coefficient (Wildman–Crippen LogP) is 1.47. The Bertz CT molecular complexity index is 542. The molecule has 0 spiro atoms. The second kappa shape index (κ2) is 6.91. The van der Waals surface area contributed by atoms with Gasteiger partial charge in [0.05, 0.1) is 0 Å². The van der Waals surface area contributed by atoms with Crippen molar-refractivity contribution < 1.29 is 9.59 Å². The summed E-state index contributed by atoms with van der Waals surface area (Å²) in [7, 11) is 0. The number of hydrogen-bond donors (Lipinski definition) is 3. The van der Waals surface area contributed by atoms with Gasteiger partial charge >= 0.3 is 0 Å². The van der Waals surface area contributed by atoms with Crippen molar-refractivity contribution >= 4 is 29.9 Å². The summed E-state index contributed by atoms with van der Waals surface area (Å²) in [5, 5.41) is 9.15. The van der Waals surface area contributed by atoms with Gasteiger partial charge in [0.25, 0.3) is 5.91 Å². The van der Waals surface area contributed by atoms with Gasteiger partial charge in [-0.2, -0.15) is 0 Å². The number of rotatable bonds is 3. The normalized spacial score (nSPS) is 20.2. The standard InChI is InChI=1S/C15H19N3O2.ClH/c19-14-6-4-10-8-11(3-5-13(10)18-14)15(20)17-9-12-2-1-7-16-12;/h3,5,8,12,16H,1-2,4,6-7,9H2,(H,17,20)(H,18,19);1H. The topological polar surface area (TPSA) is 70.2 Å². The van der Waals surface area contributed by atoms with Gasteiger partial charge in [0.1, 0.15) is 0 Å². The maximum atomic E-state index is 12.1. The fourth-order valence-electron chi connectivity index (χ4n) is 2.77. The second-order valence-electron chi connectivity index (χ2n) is 5.42. The van der Waals surface area contributed by atoms with Crippen LogP contribution in [0.5, 0.6) is 0 Å². The summed E-state index contributed by atoms with van der Waals surface area (Å²) < 4.78 is 0. The molecule has 3 N–H and O–H groups in total. The van der Waals surface area contributed by atoms with Crippen LogP contribution < -0.4 is 16.0 Å². The molecule has 0 radical (unpaired) electrons. The van der Waals surface area contributed by atoms with Gasteiger partial charge in [0.15, 0.2) is 0 Å². The van der Waals surface area contributed by atoms with Crippen LogP contribution in [0.4, 0.5) is 5.69 Å². The summed E-state index contributed by atoms with van der Waals surface area (Å²) in [6.45, 7) is 1.71. The van der Waals surface area contributed by atoms with E-state index in [1.807, 2.05) is 12.1 Å². The Morgan fingerprint density at radius 1 is 1.33 bits per heavy atom. The molecular weight excluding hydrogens is 290 g/mol. The summed E-state index contributed by atoms with van der Waals surface area (Å²) in [4.78, 5) is 23.4. The first-order chi connectivity index (χ1) is 9.72. The predicted molar refractivity (Wildman–Crippen MR) is 84.0 cm³/mol. The highest BCUT2D eigenvalue weighted by atomic mass is 35.5. The molecule has 2 aliphatic rings. The highest BCUT2D eigenvalue weighted by Crippen LogP contribution is 2.23. The van der Waals surface area contributed by atoms with Crippen LogP contribution in [0.25, 0.3) is 0 Å². The van der Waals surface area contributed by atoms with Gasteiger partial charge in [-0.15, -0.1) is 12.4 Å². The molecule has 1 saturated heterocycles. The van der Waals surface area contributed by atoms with Gasteiger partial charge in [0.2, 0.25) is 5.91 Å². The third-order valence-electron chi connectivity index (χ3n) is 3.93. The molecule has 1 aromatic carbocycles. The largest absolute Gasteiger partial charge is 0.350 e. The monoisotopic (exact) mass is 309 g/mol. The Kier molecular flexibility index (Phi) is 5.20. The summed E-state index contributed by atoms with van der Waals surface area (Å²) in [6.07, 6.45) is 3.49. The maximum absolute atomic E-state index is 12.1. The van der Waals surface area contributed by atoms with Crippen LogP contribution in [0, 0.1) is 0 Å². The third kappa shape index (κ3) is 3.74. The molecule has 0 aromatic heterocycles. The van der Waals surface area contributed by atoms with Crippen LogP contribution in [0.15, 0.2) is 18.2 Å². The molecule has 114 valence electrons. The molecule has 3 rings (SSSR count). The second-order valence-corrected chi connectivity index (χ2v) is 5.42. The number of benzene rings is 1. The van der Waals surface area contributed by atoms with Crippen molar-refractivity contribution in [1.29, 1.82) is 0 Å². The van der Waals surface area contributed by atoms with E-state index in [-0.39, 0.29) is 24.2 Å². The molecule has 1 fully saturated rings. The van der Waals surface area contributed by atoms with Crippen molar-refractivity contribution in [3.05, 3.63) is 29.3 Å². The zero-order valence-electron chi connectivity index (χ0n) is 11.8. The van der Waals surface area contributed by atoms with E-state index in [1.165, 1.54) is 6.42 Å². The third-order valence-corrected chi connectivity index (χ3v) is 3.93. The fraction of sp³-hybridized carbons (Fsp3) is 0.467. The number of amides is 2. The van der Waals surface area contributed by atoms with Gasteiger partial charge in [-0.25, -0.2) is 0 Å². The average molecular weight is 310 g/mol. The summed E-state index contributed by atoms with van der Waals surface area (Å²) in [5.74, 6) is 0.000379. The van der Waals surface area contributed by atoms with Crippen LogP contribution in [0.1, 0.15) is 35.2 Å². The van der Waals surface area contributed by atoms with Crippen molar-refractivity contribution in [3.63, 3.8) is 0 Å². The Balaban J connectivity index is 0.00000161. The SMILES string of the molecule is Cl.O=C1CCc2cc(C(=O)NCC3CCCN3)ccc2N1. The molecule has 21 heavy (non-hydrogen) atoms. The molecule has 2 aliphatic heterocycles. The minimum Gasteiger partial charge on any atom is -0.350 e. The molecule has 2 amide bonds. The Morgan fingerprint density at radius 2 is 2.19 bits per heavy atom. The van der Waals surface area contributed by atoms with Crippen LogP contribution in [0.2, 0.25) is 0 Å². The van der Waals surface area contributed by atoms with E-state index in [9.17, 15) is 9.59 Å². The number of anilines is 1. The summed E-state index contributed by atoms with van der Waals surface area (Å²) >= 11 is 0. The zero-order valence-corrected chi connectivity index (χ0v) is 12.6. The molecule has 0 bridgehead atoms. The number of aryl methyl sites for hydroxylation is 1.